The third-order valence-corrected chi connectivity index (χ3v) is 2.67. The number of carbonyl (C=O) groups is 1. The van der Waals surface area contributed by atoms with Gasteiger partial charge < -0.3 is 9.88 Å². The third-order valence-electron chi connectivity index (χ3n) is 2.67. The van der Waals surface area contributed by atoms with Gasteiger partial charge in [-0.25, -0.2) is 0 Å². The van der Waals surface area contributed by atoms with E-state index in [1.54, 1.807) is 6.92 Å². The molecule has 16 heavy (non-hydrogen) atoms. The van der Waals surface area contributed by atoms with E-state index in [0.29, 0.717) is 6.54 Å². The highest BCUT2D eigenvalue weighted by molar-refractivity contribution is 5.84. The van der Waals surface area contributed by atoms with Crippen molar-refractivity contribution in [1.82, 2.24) is 9.88 Å². The van der Waals surface area contributed by atoms with Gasteiger partial charge in [0.25, 0.3) is 0 Å². The molecule has 2 rings (SSSR count). The summed E-state index contributed by atoms with van der Waals surface area (Å²) in [5, 5.41) is 4.39. The van der Waals surface area contributed by atoms with Gasteiger partial charge >= 0.3 is 0 Å². The fourth-order valence-electron chi connectivity index (χ4n) is 1.94. The number of aromatic nitrogens is 1. The Bertz CT molecular complexity index is 514. The van der Waals surface area contributed by atoms with Gasteiger partial charge in [-0.2, -0.15) is 0 Å². The lowest BCUT2D eigenvalue weighted by Gasteiger charge is -2.00. The Morgan fingerprint density at radius 2 is 2.12 bits per heavy atom. The van der Waals surface area contributed by atoms with E-state index in [9.17, 15) is 4.79 Å². The Labute approximate surface area is 95.1 Å². The molecule has 0 aliphatic heterocycles. The van der Waals surface area contributed by atoms with Crippen molar-refractivity contribution in [2.24, 2.45) is 7.05 Å². The fourth-order valence-corrected chi connectivity index (χ4v) is 1.94. The van der Waals surface area contributed by atoms with Crippen molar-refractivity contribution in [3.8, 4) is 0 Å². The van der Waals surface area contributed by atoms with Gasteiger partial charge in [-0.15, -0.1) is 0 Å². The first-order valence-electron chi connectivity index (χ1n) is 5.41. The van der Waals surface area contributed by atoms with Crippen molar-refractivity contribution in [3.63, 3.8) is 0 Å². The normalized spacial score (nSPS) is 10.9. The van der Waals surface area contributed by atoms with E-state index in [2.05, 4.69) is 28.2 Å². The topological polar surface area (TPSA) is 34.0 Å². The van der Waals surface area contributed by atoms with Crippen LogP contribution in [0.1, 0.15) is 12.5 Å². The largest absolute Gasteiger partial charge is 0.350 e. The number of hydrogen-bond donors (Lipinski definition) is 1. The second kappa shape index (κ2) is 4.49. The minimum Gasteiger partial charge on any atom is -0.350 e. The Hall–Kier alpha value is -1.61. The predicted octanol–water partition coefficient (Wildman–Crippen LogP) is 1.86. The summed E-state index contributed by atoms with van der Waals surface area (Å²) in [6.45, 7) is 2.76. The van der Waals surface area contributed by atoms with Gasteiger partial charge in [0.2, 0.25) is 0 Å². The molecule has 1 heterocycles. The van der Waals surface area contributed by atoms with Crippen LogP contribution in [0.4, 0.5) is 0 Å². The summed E-state index contributed by atoms with van der Waals surface area (Å²) in [4.78, 5) is 10.8. The lowest BCUT2D eigenvalue weighted by Crippen LogP contribution is -2.20. The molecule has 0 aliphatic rings. The molecule has 3 heteroatoms. The number of benzene rings is 1. The maximum absolute atomic E-state index is 10.8. The highest BCUT2D eigenvalue weighted by Gasteiger charge is 2.05. The highest BCUT2D eigenvalue weighted by atomic mass is 16.1. The van der Waals surface area contributed by atoms with Crippen LogP contribution in [0.3, 0.4) is 0 Å². The van der Waals surface area contributed by atoms with Gasteiger partial charge in [-0.05, 0) is 18.6 Å². The highest BCUT2D eigenvalue weighted by Crippen LogP contribution is 2.19. The molecule has 0 aliphatic carbocycles. The lowest BCUT2D eigenvalue weighted by atomic mass is 10.2. The summed E-state index contributed by atoms with van der Waals surface area (Å²) in [6, 6.07) is 8.29. The summed E-state index contributed by atoms with van der Waals surface area (Å²) in [5.41, 5.74) is 2.46. The second-order valence-electron chi connectivity index (χ2n) is 4.09. The molecule has 1 aromatic carbocycles. The molecule has 1 aromatic heterocycles. The van der Waals surface area contributed by atoms with E-state index in [0.717, 1.165) is 6.54 Å². The van der Waals surface area contributed by atoms with E-state index < -0.39 is 0 Å². The number of para-hydroxylation sites is 1. The third kappa shape index (κ3) is 2.14. The summed E-state index contributed by atoms with van der Waals surface area (Å²) in [6.07, 6.45) is 2.11. The second-order valence-corrected chi connectivity index (χ2v) is 4.09. The van der Waals surface area contributed by atoms with Gasteiger partial charge in [-0.3, -0.25) is 4.79 Å². The molecule has 0 atom stereocenters. The average Bonchev–Trinajstić information content (AvgIpc) is 2.57. The van der Waals surface area contributed by atoms with Crippen LogP contribution in [0, 0.1) is 0 Å². The van der Waals surface area contributed by atoms with Gasteiger partial charge in [-0.1, -0.05) is 18.2 Å². The molecule has 0 saturated heterocycles. The maximum atomic E-state index is 10.8. The van der Waals surface area contributed by atoms with Crippen LogP contribution < -0.4 is 5.32 Å². The zero-order valence-electron chi connectivity index (χ0n) is 9.66. The van der Waals surface area contributed by atoms with E-state index in [4.69, 9.17) is 0 Å². The smallest absolute Gasteiger partial charge is 0.143 e. The molecule has 0 spiro atoms. The van der Waals surface area contributed by atoms with Crippen molar-refractivity contribution >= 4 is 16.7 Å². The zero-order valence-corrected chi connectivity index (χ0v) is 9.66. The van der Waals surface area contributed by atoms with Crippen LogP contribution in [0.2, 0.25) is 0 Å². The Morgan fingerprint density at radius 1 is 1.38 bits per heavy atom. The van der Waals surface area contributed by atoms with E-state index >= 15 is 0 Å². The minimum atomic E-state index is 0.167. The van der Waals surface area contributed by atoms with Crippen LogP contribution in [0.15, 0.2) is 30.5 Å². The Morgan fingerprint density at radius 3 is 2.88 bits per heavy atom. The first-order chi connectivity index (χ1) is 7.68. The first kappa shape index (κ1) is 10.9. The van der Waals surface area contributed by atoms with Gasteiger partial charge in [0.05, 0.1) is 6.54 Å². The van der Waals surface area contributed by atoms with Crippen LogP contribution in [-0.4, -0.2) is 16.9 Å². The van der Waals surface area contributed by atoms with E-state index in [-0.39, 0.29) is 5.78 Å². The first-order valence-corrected chi connectivity index (χ1v) is 5.41. The molecule has 0 radical (unpaired) electrons. The number of Topliss-reactive ketones (excluding diaryl/α,β-unsaturated/α-hetero) is 1. The number of nitrogens with zero attached hydrogens (tertiary/aromatic N) is 1. The summed E-state index contributed by atoms with van der Waals surface area (Å²) < 4.78 is 2.11. The number of ketones is 1. The number of aryl methyl sites for hydroxylation is 1. The number of nitrogens with one attached hydrogen (secondary N) is 1. The minimum absolute atomic E-state index is 0.167. The molecule has 0 amide bonds. The quantitative estimate of drug-likeness (QED) is 0.846. The molecule has 0 unspecified atom stereocenters. The molecule has 1 N–H and O–H groups in total. The monoisotopic (exact) mass is 216 g/mol. The van der Waals surface area contributed by atoms with Crippen molar-refractivity contribution < 1.29 is 4.79 Å². The zero-order chi connectivity index (χ0) is 11.5. The molecular formula is C13H16N2O. The van der Waals surface area contributed by atoms with Crippen LogP contribution in [0.25, 0.3) is 10.9 Å². The van der Waals surface area contributed by atoms with Gasteiger partial charge in [0, 0.05) is 30.7 Å². The Balaban J connectivity index is 2.21. The summed E-state index contributed by atoms with van der Waals surface area (Å²) in [5.74, 6) is 0.167. The molecular weight excluding hydrogens is 200 g/mol. The molecule has 84 valence electrons. The number of carbonyl (C=O) groups excluding carboxylic acids is 1. The van der Waals surface area contributed by atoms with E-state index in [1.807, 2.05) is 19.2 Å². The number of fused-ring (bicyclic) bond motifs is 1. The van der Waals surface area contributed by atoms with Crippen LogP contribution >= 0.6 is 0 Å². The predicted molar refractivity (Wildman–Crippen MR) is 65.3 cm³/mol. The van der Waals surface area contributed by atoms with Gasteiger partial charge in [0.1, 0.15) is 5.78 Å². The van der Waals surface area contributed by atoms with Crippen molar-refractivity contribution in [2.45, 2.75) is 13.5 Å². The summed E-state index contributed by atoms with van der Waals surface area (Å²) >= 11 is 0. The van der Waals surface area contributed by atoms with Crippen molar-refractivity contribution in [1.29, 1.82) is 0 Å². The maximum Gasteiger partial charge on any atom is 0.143 e. The lowest BCUT2D eigenvalue weighted by molar-refractivity contribution is -0.116. The number of rotatable bonds is 4. The molecule has 2 aromatic rings. The number of hydrogen-bond acceptors (Lipinski definition) is 2. The summed E-state index contributed by atoms with van der Waals surface area (Å²) in [7, 11) is 2.04. The molecule has 0 fully saturated rings. The standard InChI is InChI=1S/C13H16N2O/c1-10(16)7-14-8-11-9-15(2)13-6-4-3-5-12(11)13/h3-6,9,14H,7-8H2,1-2H3. The molecule has 3 nitrogen and oxygen atoms in total. The fraction of sp³-hybridized carbons (Fsp3) is 0.308. The molecule has 0 bridgehead atoms. The SMILES string of the molecule is CC(=O)CNCc1cn(C)c2ccccc12. The van der Waals surface area contributed by atoms with Crippen LogP contribution in [0.5, 0.6) is 0 Å². The van der Waals surface area contributed by atoms with E-state index in [1.165, 1.54) is 16.5 Å². The Kier molecular flexibility index (Phi) is 3.06. The van der Waals surface area contributed by atoms with Gasteiger partial charge in [0.15, 0.2) is 0 Å². The van der Waals surface area contributed by atoms with Crippen molar-refractivity contribution in [2.75, 3.05) is 6.54 Å². The average molecular weight is 216 g/mol. The van der Waals surface area contributed by atoms with Crippen LogP contribution in [-0.2, 0) is 18.4 Å². The van der Waals surface area contributed by atoms with Crippen molar-refractivity contribution in [3.05, 3.63) is 36.0 Å². The molecule has 0 saturated carbocycles.